The molecule has 0 amide bonds. The Balaban J connectivity index is 2.03. The molecule has 0 spiro atoms. The minimum atomic E-state index is -0.671. The largest absolute Gasteiger partial charge is 0.367 e. The Morgan fingerprint density at radius 2 is 1.59 bits per heavy atom. The SMILES string of the molecule is CC1OCC2OC(C)C(OSOOO)C(OSOOO)C2O1. The van der Waals surface area contributed by atoms with Crippen LogP contribution in [0.2, 0.25) is 0 Å². The lowest BCUT2D eigenvalue weighted by atomic mass is 9.95. The van der Waals surface area contributed by atoms with Gasteiger partial charge in [-0.2, -0.15) is 0 Å². The van der Waals surface area contributed by atoms with Crippen LogP contribution in [0.3, 0.4) is 0 Å². The third-order valence-electron chi connectivity index (χ3n) is 3.13. The Morgan fingerprint density at radius 3 is 2.23 bits per heavy atom. The molecule has 0 aromatic carbocycles. The average molecular weight is 364 g/mol. The van der Waals surface area contributed by atoms with Crippen molar-refractivity contribution < 1.29 is 51.8 Å². The van der Waals surface area contributed by atoms with Crippen LogP contribution in [0.1, 0.15) is 13.8 Å². The molecule has 2 saturated heterocycles. The van der Waals surface area contributed by atoms with Crippen molar-refractivity contribution in [2.45, 2.75) is 50.7 Å². The molecule has 2 rings (SSSR count). The molecule has 0 radical (unpaired) electrons. The minimum Gasteiger partial charge on any atom is -0.367 e. The molecule has 2 aliphatic heterocycles. The zero-order valence-electron chi connectivity index (χ0n) is 11.6. The molecule has 13 heteroatoms. The van der Waals surface area contributed by atoms with Gasteiger partial charge in [-0.05, 0) is 13.8 Å². The van der Waals surface area contributed by atoms with Gasteiger partial charge in [0.05, 0.1) is 12.7 Å². The summed E-state index contributed by atoms with van der Waals surface area (Å²) in [6.45, 7) is 3.82. The summed E-state index contributed by atoms with van der Waals surface area (Å²) in [5.41, 5.74) is 0. The molecule has 2 N–H and O–H groups in total. The monoisotopic (exact) mass is 364 g/mol. The van der Waals surface area contributed by atoms with Crippen molar-refractivity contribution in [1.29, 1.82) is 0 Å². The first-order chi connectivity index (χ1) is 10.7. The highest BCUT2D eigenvalue weighted by Gasteiger charge is 2.50. The summed E-state index contributed by atoms with van der Waals surface area (Å²) < 4.78 is 35.9. The maximum absolute atomic E-state index is 8.16. The summed E-state index contributed by atoms with van der Waals surface area (Å²) in [5, 5.41) is 23.2. The van der Waals surface area contributed by atoms with Gasteiger partial charge in [0.2, 0.25) is 0 Å². The molecule has 0 saturated carbocycles. The van der Waals surface area contributed by atoms with Gasteiger partial charge in [0.15, 0.2) is 30.9 Å². The Labute approximate surface area is 134 Å². The summed E-state index contributed by atoms with van der Waals surface area (Å²) in [6.07, 6.45) is -3.09. The minimum absolute atomic E-state index is 0.328. The quantitative estimate of drug-likeness (QED) is 0.278. The van der Waals surface area contributed by atoms with E-state index in [0.717, 1.165) is 0 Å². The Hall–Kier alpha value is 0.260. The van der Waals surface area contributed by atoms with Crippen molar-refractivity contribution in [3.8, 4) is 0 Å². The molecule has 0 aliphatic carbocycles. The predicted molar refractivity (Wildman–Crippen MR) is 69.1 cm³/mol. The zero-order valence-corrected chi connectivity index (χ0v) is 13.2. The van der Waals surface area contributed by atoms with E-state index >= 15 is 0 Å². The standard InChI is InChI=1S/C9H16O11S2/c1-4-7(15-21-19-17-10)9(16-22-20-18-11)8-6(13-4)3-12-5(2)14-8/h4-11H,3H2,1-2H3. The Kier molecular flexibility index (Phi) is 8.06. The molecule has 6 atom stereocenters. The molecule has 2 aliphatic rings. The summed E-state index contributed by atoms with van der Waals surface area (Å²) in [4.78, 5) is 0. The second-order valence-corrected chi connectivity index (χ2v) is 5.35. The van der Waals surface area contributed by atoms with Gasteiger partial charge in [0.25, 0.3) is 0 Å². The summed E-state index contributed by atoms with van der Waals surface area (Å²) in [7, 11) is 0. The maximum atomic E-state index is 8.16. The van der Waals surface area contributed by atoms with Crippen LogP contribution in [0, 0.1) is 0 Å². The van der Waals surface area contributed by atoms with Gasteiger partial charge in [-0.15, -0.1) is 8.67 Å². The maximum Gasteiger partial charge on any atom is 0.198 e. The number of rotatable bonds is 8. The zero-order chi connectivity index (χ0) is 15.9. The van der Waals surface area contributed by atoms with E-state index in [2.05, 4.69) is 18.7 Å². The van der Waals surface area contributed by atoms with Crippen LogP contribution in [-0.4, -0.2) is 53.9 Å². The fraction of sp³-hybridized carbons (Fsp3) is 1.00. The van der Waals surface area contributed by atoms with E-state index in [1.54, 1.807) is 13.8 Å². The van der Waals surface area contributed by atoms with Crippen LogP contribution in [0.5, 0.6) is 0 Å². The van der Waals surface area contributed by atoms with Crippen LogP contribution < -0.4 is 0 Å². The van der Waals surface area contributed by atoms with Gasteiger partial charge in [-0.3, -0.25) is 8.37 Å². The fourth-order valence-electron chi connectivity index (χ4n) is 2.28. The van der Waals surface area contributed by atoms with Crippen LogP contribution in [0.25, 0.3) is 0 Å². The van der Waals surface area contributed by atoms with E-state index in [4.69, 9.17) is 33.1 Å². The van der Waals surface area contributed by atoms with Crippen molar-refractivity contribution in [3.63, 3.8) is 0 Å². The molecule has 2 fully saturated rings. The lowest BCUT2D eigenvalue weighted by Crippen LogP contribution is -2.62. The third-order valence-corrected chi connectivity index (χ3v) is 3.96. The lowest BCUT2D eigenvalue weighted by molar-refractivity contribution is -0.436. The molecule has 11 nitrogen and oxygen atoms in total. The summed E-state index contributed by atoms with van der Waals surface area (Å²) in [6, 6.07) is 0. The van der Waals surface area contributed by atoms with Crippen LogP contribution in [0.4, 0.5) is 0 Å². The van der Waals surface area contributed by atoms with Gasteiger partial charge in [-0.1, -0.05) is 10.1 Å². The second kappa shape index (κ2) is 9.53. The number of hydrogen-bond donors (Lipinski definition) is 2. The number of ether oxygens (including phenoxy) is 3. The van der Waals surface area contributed by atoms with Crippen LogP contribution in [-0.2, 0) is 41.3 Å². The van der Waals surface area contributed by atoms with Crippen molar-refractivity contribution >= 4 is 24.6 Å². The third kappa shape index (κ3) is 4.88. The normalized spacial score (nSPS) is 38.7. The highest BCUT2D eigenvalue weighted by atomic mass is 32.2. The van der Waals surface area contributed by atoms with Crippen LogP contribution in [0.15, 0.2) is 0 Å². The smallest absolute Gasteiger partial charge is 0.198 e. The Bertz CT molecular complexity index is 324. The van der Waals surface area contributed by atoms with Crippen molar-refractivity contribution in [1.82, 2.24) is 0 Å². The van der Waals surface area contributed by atoms with E-state index in [-0.39, 0.29) is 6.10 Å². The summed E-state index contributed by atoms with van der Waals surface area (Å²) >= 11 is 0.799. The van der Waals surface area contributed by atoms with Crippen molar-refractivity contribution in [2.75, 3.05) is 6.61 Å². The molecular formula is C9H16O11S2. The first-order valence-corrected chi connectivity index (χ1v) is 7.53. The first kappa shape index (κ1) is 18.6. The van der Waals surface area contributed by atoms with E-state index in [1.807, 2.05) is 0 Å². The van der Waals surface area contributed by atoms with Crippen molar-refractivity contribution in [2.24, 2.45) is 0 Å². The van der Waals surface area contributed by atoms with Crippen LogP contribution >= 0.6 is 24.6 Å². The number of hydrogen-bond acceptors (Lipinski definition) is 13. The molecule has 22 heavy (non-hydrogen) atoms. The average Bonchev–Trinajstić information content (AvgIpc) is 2.50. The topological polar surface area (TPSA) is 124 Å². The first-order valence-electron chi connectivity index (χ1n) is 6.20. The van der Waals surface area contributed by atoms with Gasteiger partial charge in [0, 0.05) is 0 Å². The highest BCUT2D eigenvalue weighted by Crippen LogP contribution is 2.35. The highest BCUT2D eigenvalue weighted by molar-refractivity contribution is 7.90. The molecule has 0 aromatic heterocycles. The second-order valence-electron chi connectivity index (χ2n) is 4.42. The van der Waals surface area contributed by atoms with Gasteiger partial charge in [0.1, 0.15) is 24.4 Å². The summed E-state index contributed by atoms with van der Waals surface area (Å²) in [5.74, 6) is 0. The molecule has 2 heterocycles. The lowest BCUT2D eigenvalue weighted by Gasteiger charge is -2.46. The van der Waals surface area contributed by atoms with E-state index < -0.39 is 30.7 Å². The molecule has 0 bridgehead atoms. The molecule has 130 valence electrons. The Morgan fingerprint density at radius 1 is 0.955 bits per heavy atom. The van der Waals surface area contributed by atoms with Gasteiger partial charge in [-0.25, -0.2) is 10.5 Å². The van der Waals surface area contributed by atoms with E-state index in [0.29, 0.717) is 31.3 Å². The molecular weight excluding hydrogens is 348 g/mol. The fourth-order valence-corrected chi connectivity index (χ4v) is 3.06. The molecule has 0 aromatic rings. The van der Waals surface area contributed by atoms with Gasteiger partial charge >= 0.3 is 0 Å². The number of fused-ring (bicyclic) bond motifs is 1. The van der Waals surface area contributed by atoms with Gasteiger partial charge < -0.3 is 14.2 Å². The van der Waals surface area contributed by atoms with E-state index in [9.17, 15) is 0 Å². The predicted octanol–water partition coefficient (Wildman–Crippen LogP) is 1.27. The van der Waals surface area contributed by atoms with E-state index in [1.165, 1.54) is 0 Å². The van der Waals surface area contributed by atoms with Crippen molar-refractivity contribution in [3.05, 3.63) is 0 Å². The molecule has 6 unspecified atom stereocenters.